The molecule has 1 unspecified atom stereocenters. The van der Waals surface area contributed by atoms with Crippen molar-refractivity contribution in [1.29, 1.82) is 0 Å². The summed E-state index contributed by atoms with van der Waals surface area (Å²) in [5.41, 5.74) is 10.3. The summed E-state index contributed by atoms with van der Waals surface area (Å²) in [7, 11) is 0. The van der Waals surface area contributed by atoms with Gasteiger partial charge in [-0.1, -0.05) is 23.7 Å². The van der Waals surface area contributed by atoms with Crippen LogP contribution in [0.5, 0.6) is 5.75 Å². The lowest BCUT2D eigenvalue weighted by molar-refractivity contribution is -0.119. The molecule has 0 aliphatic rings. The highest BCUT2D eigenvalue weighted by Gasteiger charge is 2.10. The van der Waals surface area contributed by atoms with Gasteiger partial charge in [-0.2, -0.15) is 0 Å². The SMILES string of the molecule is NC(=O)C(N)COc1ccccc1Cl. The van der Waals surface area contributed by atoms with Crippen LogP contribution in [0, 0.1) is 0 Å². The Bertz CT molecular complexity index is 330. The summed E-state index contributed by atoms with van der Waals surface area (Å²) in [6.07, 6.45) is 0. The molecular formula is C9H11ClN2O2. The van der Waals surface area contributed by atoms with E-state index in [-0.39, 0.29) is 6.61 Å². The first-order valence-corrected chi connectivity index (χ1v) is 4.41. The normalized spacial score (nSPS) is 12.1. The zero-order valence-corrected chi connectivity index (χ0v) is 8.20. The van der Waals surface area contributed by atoms with Crippen LogP contribution in [0.4, 0.5) is 0 Å². The Labute approximate surface area is 86.8 Å². The second-order valence-corrected chi connectivity index (χ2v) is 3.16. The van der Waals surface area contributed by atoms with Crippen LogP contribution in [0.25, 0.3) is 0 Å². The molecule has 0 heterocycles. The molecule has 76 valence electrons. The number of rotatable bonds is 4. The molecule has 1 amide bonds. The van der Waals surface area contributed by atoms with Crippen LogP contribution < -0.4 is 16.2 Å². The number of carbonyl (C=O) groups excluding carboxylic acids is 1. The van der Waals surface area contributed by atoms with Gasteiger partial charge in [-0.15, -0.1) is 0 Å². The Morgan fingerprint density at radius 3 is 2.71 bits per heavy atom. The third-order valence-electron chi connectivity index (χ3n) is 1.62. The fourth-order valence-electron chi connectivity index (χ4n) is 0.823. The van der Waals surface area contributed by atoms with Gasteiger partial charge in [0, 0.05) is 0 Å². The predicted molar refractivity (Wildman–Crippen MR) is 54.1 cm³/mol. The monoisotopic (exact) mass is 214 g/mol. The molecule has 0 radical (unpaired) electrons. The van der Waals surface area contributed by atoms with E-state index >= 15 is 0 Å². The molecular weight excluding hydrogens is 204 g/mol. The van der Waals surface area contributed by atoms with Crippen molar-refractivity contribution in [3.63, 3.8) is 0 Å². The molecule has 1 aromatic rings. The Hall–Kier alpha value is -1.26. The van der Waals surface area contributed by atoms with Crippen molar-refractivity contribution in [2.75, 3.05) is 6.61 Å². The topological polar surface area (TPSA) is 78.3 Å². The van der Waals surface area contributed by atoms with Crippen molar-refractivity contribution < 1.29 is 9.53 Å². The van der Waals surface area contributed by atoms with Gasteiger partial charge in [-0.25, -0.2) is 0 Å². The lowest BCUT2D eigenvalue weighted by Crippen LogP contribution is -2.41. The minimum Gasteiger partial charge on any atom is -0.490 e. The molecule has 0 aliphatic heterocycles. The van der Waals surface area contributed by atoms with E-state index in [1.54, 1.807) is 24.3 Å². The average molecular weight is 215 g/mol. The van der Waals surface area contributed by atoms with Gasteiger partial charge in [0.2, 0.25) is 5.91 Å². The molecule has 0 fully saturated rings. The first kappa shape index (κ1) is 10.8. The highest BCUT2D eigenvalue weighted by molar-refractivity contribution is 6.32. The lowest BCUT2D eigenvalue weighted by Gasteiger charge is -2.10. The molecule has 1 aromatic carbocycles. The maximum atomic E-state index is 10.6. The van der Waals surface area contributed by atoms with Crippen LogP contribution in [0.3, 0.4) is 0 Å². The molecule has 0 aromatic heterocycles. The minimum atomic E-state index is -0.814. The third kappa shape index (κ3) is 2.90. The summed E-state index contributed by atoms with van der Waals surface area (Å²) < 4.78 is 5.20. The van der Waals surface area contributed by atoms with Crippen molar-refractivity contribution in [3.8, 4) is 5.75 Å². The van der Waals surface area contributed by atoms with E-state index < -0.39 is 11.9 Å². The summed E-state index contributed by atoms with van der Waals surface area (Å²) >= 11 is 5.81. The van der Waals surface area contributed by atoms with Crippen LogP contribution in [0.1, 0.15) is 0 Å². The molecule has 0 spiro atoms. The molecule has 0 saturated carbocycles. The summed E-state index contributed by atoms with van der Waals surface area (Å²) in [5.74, 6) is -0.108. The fraction of sp³-hybridized carbons (Fsp3) is 0.222. The quantitative estimate of drug-likeness (QED) is 0.768. The maximum absolute atomic E-state index is 10.6. The molecule has 4 nitrogen and oxygen atoms in total. The minimum absolute atomic E-state index is 0.0269. The number of halogens is 1. The first-order valence-electron chi connectivity index (χ1n) is 4.03. The van der Waals surface area contributed by atoms with E-state index in [2.05, 4.69) is 0 Å². The number of amides is 1. The third-order valence-corrected chi connectivity index (χ3v) is 1.93. The molecule has 1 rings (SSSR count). The summed E-state index contributed by atoms with van der Waals surface area (Å²) in [6, 6.07) is 6.12. The van der Waals surface area contributed by atoms with Crippen LogP contribution in [-0.2, 0) is 4.79 Å². The standard InChI is InChI=1S/C9H11ClN2O2/c10-6-3-1-2-4-8(6)14-5-7(11)9(12)13/h1-4,7H,5,11H2,(H2,12,13). The Kier molecular flexibility index (Phi) is 3.73. The van der Waals surface area contributed by atoms with E-state index in [0.717, 1.165) is 0 Å². The van der Waals surface area contributed by atoms with Gasteiger partial charge in [0.05, 0.1) is 5.02 Å². The summed E-state index contributed by atoms with van der Waals surface area (Å²) in [4.78, 5) is 10.6. The second kappa shape index (κ2) is 4.83. The maximum Gasteiger partial charge on any atom is 0.237 e. The van der Waals surface area contributed by atoms with Crippen LogP contribution in [-0.4, -0.2) is 18.6 Å². The number of ether oxygens (including phenoxy) is 1. The molecule has 4 N–H and O–H groups in total. The van der Waals surface area contributed by atoms with Crippen molar-refractivity contribution in [3.05, 3.63) is 29.3 Å². The van der Waals surface area contributed by atoms with Gasteiger partial charge in [0.1, 0.15) is 18.4 Å². The van der Waals surface area contributed by atoms with Crippen molar-refractivity contribution in [1.82, 2.24) is 0 Å². The molecule has 0 aliphatic carbocycles. The zero-order valence-electron chi connectivity index (χ0n) is 7.44. The van der Waals surface area contributed by atoms with E-state index in [9.17, 15) is 4.79 Å². The number of carbonyl (C=O) groups is 1. The van der Waals surface area contributed by atoms with Gasteiger partial charge in [-0.05, 0) is 12.1 Å². The number of hydrogen-bond donors (Lipinski definition) is 2. The van der Waals surface area contributed by atoms with Crippen molar-refractivity contribution in [2.45, 2.75) is 6.04 Å². The van der Waals surface area contributed by atoms with Crippen LogP contribution in [0.15, 0.2) is 24.3 Å². The van der Waals surface area contributed by atoms with E-state index in [1.807, 2.05) is 0 Å². The number of para-hydroxylation sites is 1. The van der Waals surface area contributed by atoms with Crippen molar-refractivity contribution >= 4 is 17.5 Å². The Balaban J connectivity index is 2.54. The number of hydrogen-bond acceptors (Lipinski definition) is 3. The van der Waals surface area contributed by atoms with Gasteiger partial charge >= 0.3 is 0 Å². The number of primary amides is 1. The molecule has 0 saturated heterocycles. The number of nitrogens with two attached hydrogens (primary N) is 2. The van der Waals surface area contributed by atoms with E-state index in [0.29, 0.717) is 10.8 Å². The van der Waals surface area contributed by atoms with Gasteiger partial charge in [-0.3, -0.25) is 4.79 Å². The van der Waals surface area contributed by atoms with Gasteiger partial charge in [0.15, 0.2) is 0 Å². The zero-order chi connectivity index (χ0) is 10.6. The lowest BCUT2D eigenvalue weighted by atomic mass is 10.3. The van der Waals surface area contributed by atoms with Crippen molar-refractivity contribution in [2.24, 2.45) is 11.5 Å². The Morgan fingerprint density at radius 2 is 2.14 bits per heavy atom. The molecule has 14 heavy (non-hydrogen) atoms. The predicted octanol–water partition coefficient (Wildman–Crippen LogP) is 0.531. The van der Waals surface area contributed by atoms with Gasteiger partial charge < -0.3 is 16.2 Å². The highest BCUT2D eigenvalue weighted by atomic mass is 35.5. The van der Waals surface area contributed by atoms with E-state index in [1.165, 1.54) is 0 Å². The van der Waals surface area contributed by atoms with Crippen LogP contribution >= 0.6 is 11.6 Å². The molecule has 1 atom stereocenters. The second-order valence-electron chi connectivity index (χ2n) is 2.75. The summed E-state index contributed by atoms with van der Waals surface area (Å²) in [5, 5.41) is 0.476. The highest BCUT2D eigenvalue weighted by Crippen LogP contribution is 2.22. The largest absolute Gasteiger partial charge is 0.490 e. The first-order chi connectivity index (χ1) is 6.61. The number of benzene rings is 1. The molecule has 5 heteroatoms. The summed E-state index contributed by atoms with van der Waals surface area (Å²) in [6.45, 7) is 0.0269. The fourth-order valence-corrected chi connectivity index (χ4v) is 1.01. The Morgan fingerprint density at radius 1 is 1.50 bits per heavy atom. The molecule has 0 bridgehead atoms. The van der Waals surface area contributed by atoms with E-state index in [4.69, 9.17) is 27.8 Å². The van der Waals surface area contributed by atoms with Crippen LogP contribution in [0.2, 0.25) is 5.02 Å². The smallest absolute Gasteiger partial charge is 0.237 e. The average Bonchev–Trinajstić information content (AvgIpc) is 2.16. The van der Waals surface area contributed by atoms with Gasteiger partial charge in [0.25, 0.3) is 0 Å².